The van der Waals surface area contributed by atoms with Crippen molar-refractivity contribution in [1.29, 1.82) is 0 Å². The number of benzene rings is 2. The van der Waals surface area contributed by atoms with Crippen LogP contribution < -0.4 is 15.5 Å². The first kappa shape index (κ1) is 24.5. The summed E-state index contributed by atoms with van der Waals surface area (Å²) in [5, 5.41) is 5.37. The van der Waals surface area contributed by atoms with E-state index in [2.05, 4.69) is 55.4 Å². The summed E-state index contributed by atoms with van der Waals surface area (Å²) in [4.78, 5) is 41.3. The summed E-state index contributed by atoms with van der Waals surface area (Å²) in [7, 11) is 0. The number of aryl methyl sites for hydroxylation is 2. The van der Waals surface area contributed by atoms with Gasteiger partial charge in [0.2, 0.25) is 5.91 Å². The molecule has 184 valence electrons. The van der Waals surface area contributed by atoms with Gasteiger partial charge in [-0.05, 0) is 94.0 Å². The summed E-state index contributed by atoms with van der Waals surface area (Å²) < 4.78 is 0. The molecule has 1 unspecified atom stereocenters. The minimum Gasteiger partial charge on any atom is -0.366 e. The molecular formula is C28H34N4O3. The van der Waals surface area contributed by atoms with E-state index in [1.54, 1.807) is 18.2 Å². The van der Waals surface area contributed by atoms with Gasteiger partial charge in [0.05, 0.1) is 0 Å². The second kappa shape index (κ2) is 9.21. The number of rotatable bonds is 5. The van der Waals surface area contributed by atoms with Crippen molar-refractivity contribution in [3.8, 4) is 0 Å². The highest BCUT2D eigenvalue weighted by Crippen LogP contribution is 2.44. The number of carbonyl (C=O) groups excluding carboxylic acids is 3. The highest BCUT2D eigenvalue weighted by atomic mass is 16.2. The number of nitrogens with zero attached hydrogens (tertiary/aromatic N) is 2. The average molecular weight is 475 g/mol. The summed E-state index contributed by atoms with van der Waals surface area (Å²) in [5.74, 6) is -0.563. The van der Waals surface area contributed by atoms with Gasteiger partial charge in [-0.1, -0.05) is 24.6 Å². The van der Waals surface area contributed by atoms with Gasteiger partial charge < -0.3 is 15.5 Å². The smallest absolute Gasteiger partial charge is 0.329 e. The highest BCUT2D eigenvalue weighted by molar-refractivity contribution is 6.16. The van der Waals surface area contributed by atoms with Crippen LogP contribution in [0.2, 0.25) is 0 Å². The van der Waals surface area contributed by atoms with Crippen LogP contribution in [0, 0.1) is 13.8 Å². The van der Waals surface area contributed by atoms with Gasteiger partial charge in [0.25, 0.3) is 5.91 Å². The molecule has 1 atom stereocenters. The average Bonchev–Trinajstić information content (AvgIpc) is 3.03. The quantitative estimate of drug-likeness (QED) is 0.475. The Kier molecular flexibility index (Phi) is 6.45. The normalized spacial score (nSPS) is 20.2. The Labute approximate surface area is 207 Å². The van der Waals surface area contributed by atoms with E-state index < -0.39 is 17.8 Å². The third kappa shape index (κ3) is 4.81. The van der Waals surface area contributed by atoms with Gasteiger partial charge in [0.1, 0.15) is 12.2 Å². The molecule has 0 bridgehead atoms. The minimum absolute atomic E-state index is 0.0721. The minimum atomic E-state index is -0.594. The first-order valence-electron chi connectivity index (χ1n) is 12.1. The van der Waals surface area contributed by atoms with Crippen molar-refractivity contribution >= 4 is 35.3 Å². The van der Waals surface area contributed by atoms with Gasteiger partial charge in [0, 0.05) is 23.5 Å². The van der Waals surface area contributed by atoms with Crippen LogP contribution in [0.5, 0.6) is 0 Å². The fraction of sp³-hybridized carbons (Fsp3) is 0.393. The van der Waals surface area contributed by atoms with Crippen molar-refractivity contribution in [3.63, 3.8) is 0 Å². The van der Waals surface area contributed by atoms with E-state index in [4.69, 9.17) is 0 Å². The van der Waals surface area contributed by atoms with E-state index in [0.717, 1.165) is 34.6 Å². The molecule has 2 aliphatic heterocycles. The van der Waals surface area contributed by atoms with Crippen molar-refractivity contribution in [3.05, 3.63) is 64.3 Å². The molecule has 2 aromatic carbocycles. The van der Waals surface area contributed by atoms with E-state index in [1.807, 2.05) is 26.0 Å². The zero-order valence-electron chi connectivity index (χ0n) is 21.4. The summed E-state index contributed by atoms with van der Waals surface area (Å²) in [6.07, 6.45) is 2.75. The second-order valence-corrected chi connectivity index (χ2v) is 10.2. The van der Waals surface area contributed by atoms with E-state index in [1.165, 1.54) is 11.3 Å². The molecule has 0 saturated carbocycles. The Bertz CT molecular complexity index is 1210. The van der Waals surface area contributed by atoms with Crippen molar-refractivity contribution in [2.24, 2.45) is 0 Å². The molecule has 4 amide bonds. The van der Waals surface area contributed by atoms with Crippen LogP contribution in [-0.2, 0) is 9.59 Å². The van der Waals surface area contributed by atoms with Crippen molar-refractivity contribution < 1.29 is 14.4 Å². The molecule has 1 fully saturated rings. The third-order valence-corrected chi connectivity index (χ3v) is 6.99. The van der Waals surface area contributed by atoms with Gasteiger partial charge in [0.15, 0.2) is 0 Å². The molecule has 0 aliphatic carbocycles. The van der Waals surface area contributed by atoms with Crippen molar-refractivity contribution in [2.45, 2.75) is 59.4 Å². The molecule has 0 aromatic heterocycles. The first-order chi connectivity index (χ1) is 16.5. The Balaban J connectivity index is 1.55. The molecule has 0 radical (unpaired) electrons. The lowest BCUT2D eigenvalue weighted by molar-refractivity contribution is -0.127. The van der Waals surface area contributed by atoms with Gasteiger partial charge in [-0.15, -0.1) is 0 Å². The van der Waals surface area contributed by atoms with Crippen LogP contribution in [0.25, 0.3) is 6.08 Å². The fourth-order valence-electron chi connectivity index (χ4n) is 5.26. The number of urea groups is 1. The molecular weight excluding hydrogens is 440 g/mol. The maximum atomic E-state index is 13.0. The second-order valence-electron chi connectivity index (χ2n) is 10.2. The molecule has 7 heteroatoms. The molecule has 1 saturated heterocycles. The molecule has 4 rings (SSSR count). The zero-order valence-corrected chi connectivity index (χ0v) is 21.4. The third-order valence-electron chi connectivity index (χ3n) is 6.99. The van der Waals surface area contributed by atoms with Crippen LogP contribution >= 0.6 is 0 Å². The monoisotopic (exact) mass is 474 g/mol. The van der Waals surface area contributed by atoms with E-state index >= 15 is 0 Å². The van der Waals surface area contributed by atoms with Crippen molar-refractivity contribution in [2.75, 3.05) is 23.3 Å². The Morgan fingerprint density at radius 2 is 1.86 bits per heavy atom. The number of imide groups is 1. The molecule has 2 aromatic rings. The lowest BCUT2D eigenvalue weighted by Gasteiger charge is -2.47. The molecule has 0 spiro atoms. The Morgan fingerprint density at radius 3 is 2.51 bits per heavy atom. The van der Waals surface area contributed by atoms with Crippen LogP contribution in [0.15, 0.2) is 42.1 Å². The number of carbonyl (C=O) groups is 3. The number of hydrogen-bond acceptors (Lipinski definition) is 4. The van der Waals surface area contributed by atoms with E-state index in [9.17, 15) is 14.4 Å². The molecule has 2 N–H and O–H groups in total. The van der Waals surface area contributed by atoms with E-state index in [0.29, 0.717) is 11.6 Å². The number of amides is 4. The number of hydrogen-bond donors (Lipinski definition) is 2. The maximum absolute atomic E-state index is 13.0. The van der Waals surface area contributed by atoms with Crippen LogP contribution in [0.4, 0.5) is 16.2 Å². The lowest BCUT2D eigenvalue weighted by Crippen LogP contribution is -2.48. The summed E-state index contributed by atoms with van der Waals surface area (Å²) in [5.41, 5.74) is 6.33. The zero-order chi connectivity index (χ0) is 25.5. The summed E-state index contributed by atoms with van der Waals surface area (Å²) in [6, 6.07) is 11.0. The standard InChI is InChI=1S/C28H34N4O3/c1-7-32-24-12-18(3)20(13-22(24)19(4)15-28(32,5)6)14-23-26(34)31(27(35)30-23)16-25(33)29-21-10-8-17(2)9-11-21/h8-14,19H,7,15-16H2,1-6H3,(H,29,33)(H,30,35)/b23-14+. The first-order valence-corrected chi connectivity index (χ1v) is 12.1. The maximum Gasteiger partial charge on any atom is 0.329 e. The Hall–Kier alpha value is -3.61. The van der Waals surface area contributed by atoms with E-state index in [-0.39, 0.29) is 17.8 Å². The lowest BCUT2D eigenvalue weighted by atomic mass is 9.79. The molecule has 7 nitrogen and oxygen atoms in total. The summed E-state index contributed by atoms with van der Waals surface area (Å²) in [6.45, 7) is 13.5. The number of fused-ring (bicyclic) bond motifs is 1. The van der Waals surface area contributed by atoms with Gasteiger partial charge in [-0.3, -0.25) is 9.59 Å². The molecule has 2 heterocycles. The summed E-state index contributed by atoms with van der Waals surface area (Å²) >= 11 is 0. The largest absolute Gasteiger partial charge is 0.366 e. The Morgan fingerprint density at radius 1 is 1.17 bits per heavy atom. The molecule has 2 aliphatic rings. The number of anilines is 2. The van der Waals surface area contributed by atoms with Crippen LogP contribution in [0.1, 0.15) is 62.3 Å². The van der Waals surface area contributed by atoms with Crippen LogP contribution in [-0.4, -0.2) is 41.4 Å². The van der Waals surface area contributed by atoms with Gasteiger partial charge in [-0.25, -0.2) is 9.69 Å². The number of nitrogens with one attached hydrogen (secondary N) is 2. The topological polar surface area (TPSA) is 81.8 Å². The predicted octanol–water partition coefficient (Wildman–Crippen LogP) is 4.95. The van der Waals surface area contributed by atoms with Gasteiger partial charge in [-0.2, -0.15) is 0 Å². The SMILES string of the molecule is CCN1c2cc(C)c(/C=C3/NC(=O)N(CC(=O)Nc4ccc(C)cc4)C3=O)cc2C(C)CC1(C)C. The fourth-order valence-corrected chi connectivity index (χ4v) is 5.26. The van der Waals surface area contributed by atoms with Crippen LogP contribution in [0.3, 0.4) is 0 Å². The predicted molar refractivity (Wildman–Crippen MR) is 139 cm³/mol. The molecule has 35 heavy (non-hydrogen) atoms. The van der Waals surface area contributed by atoms with Crippen molar-refractivity contribution in [1.82, 2.24) is 10.2 Å². The highest BCUT2D eigenvalue weighted by Gasteiger charge is 2.37. The van der Waals surface area contributed by atoms with Gasteiger partial charge >= 0.3 is 6.03 Å².